The van der Waals surface area contributed by atoms with Gasteiger partial charge in [-0.2, -0.15) is 22.0 Å². The topological polar surface area (TPSA) is 52.3 Å². The second kappa shape index (κ2) is 4.41. The van der Waals surface area contributed by atoms with Crippen LogP contribution >= 0.6 is 0 Å². The van der Waals surface area contributed by atoms with Crippen LogP contribution in [0.4, 0.5) is 26.3 Å². The monoisotopic (exact) mass is 237 g/mol. The molecule has 0 amide bonds. The minimum Gasteiger partial charge on any atom is -0.460 e. The molecule has 0 aromatic heterocycles. The number of allylic oxidation sites excluding steroid dienone is 1. The summed E-state index contributed by atoms with van der Waals surface area (Å²) < 4.78 is 75.6. The van der Waals surface area contributed by atoms with Crippen LogP contribution in [0.2, 0.25) is 0 Å². The number of alkyl halides is 5. The van der Waals surface area contributed by atoms with Crippen molar-refractivity contribution in [2.24, 2.45) is 5.73 Å². The fourth-order valence-corrected chi connectivity index (χ4v) is 0.508. The minimum absolute atomic E-state index is 0.321. The summed E-state index contributed by atoms with van der Waals surface area (Å²) in [7, 11) is 0. The van der Waals surface area contributed by atoms with Crippen molar-refractivity contribution in [3.8, 4) is 0 Å². The van der Waals surface area contributed by atoms with Crippen molar-refractivity contribution in [1.29, 1.82) is 0 Å². The zero-order chi connectivity index (χ0) is 12.3. The summed E-state index contributed by atoms with van der Waals surface area (Å²) in [6.45, 7) is -1.69. The van der Waals surface area contributed by atoms with Gasteiger partial charge >= 0.3 is 12.1 Å². The number of carbonyl (C=O) groups is 1. The molecule has 0 heterocycles. The van der Waals surface area contributed by atoms with Gasteiger partial charge in [0.15, 0.2) is 5.83 Å². The molecule has 0 aliphatic rings. The third kappa shape index (κ3) is 3.03. The molecule has 0 aromatic rings. The molecule has 0 saturated heterocycles. The summed E-state index contributed by atoms with van der Waals surface area (Å²) >= 11 is 0. The lowest BCUT2D eigenvalue weighted by Gasteiger charge is -2.20. The zero-order valence-electron chi connectivity index (χ0n) is 6.95. The lowest BCUT2D eigenvalue weighted by atomic mass is 10.2. The highest BCUT2D eigenvalue weighted by Gasteiger charge is 2.60. The maximum atomic E-state index is 12.5. The van der Waals surface area contributed by atoms with Crippen molar-refractivity contribution in [2.45, 2.75) is 12.1 Å². The van der Waals surface area contributed by atoms with Crippen molar-refractivity contribution in [2.75, 3.05) is 6.61 Å². The third-order valence-corrected chi connectivity index (χ3v) is 1.26. The lowest BCUT2D eigenvalue weighted by molar-refractivity contribution is -0.265. The van der Waals surface area contributed by atoms with Crippen molar-refractivity contribution in [3.05, 3.63) is 11.5 Å². The molecule has 0 spiro atoms. The lowest BCUT2D eigenvalue weighted by Crippen LogP contribution is -2.42. The average Bonchev–Trinajstić information content (AvgIpc) is 2.10. The second-order valence-corrected chi connectivity index (χ2v) is 2.30. The Morgan fingerprint density at radius 2 is 1.73 bits per heavy atom. The Labute approximate surface area is 79.5 Å². The maximum Gasteiger partial charge on any atom is 0.459 e. The van der Waals surface area contributed by atoms with Gasteiger partial charge < -0.3 is 10.5 Å². The van der Waals surface area contributed by atoms with Crippen LogP contribution in [0.15, 0.2) is 11.5 Å². The van der Waals surface area contributed by atoms with Crippen LogP contribution in [-0.4, -0.2) is 25.2 Å². The number of nitrogens with two attached hydrogens (primary N) is 1. The molecule has 9 heteroatoms. The fraction of sp³-hybridized carbons (Fsp3) is 0.500. The number of carbonyl (C=O) groups excluding carboxylic acids is 1. The highest BCUT2D eigenvalue weighted by Crippen LogP contribution is 2.40. The number of hydrogen-bond donors (Lipinski definition) is 1. The molecule has 0 saturated carbocycles. The highest BCUT2D eigenvalue weighted by atomic mass is 19.4. The molecule has 0 bridgehead atoms. The summed E-state index contributed by atoms with van der Waals surface area (Å²) in [4.78, 5) is 9.52. The highest BCUT2D eigenvalue weighted by molar-refractivity contribution is 5.37. The van der Waals surface area contributed by atoms with Gasteiger partial charge in [0, 0.05) is 0 Å². The average molecular weight is 237 g/mol. The molecule has 0 rings (SSSR count). The summed E-state index contributed by atoms with van der Waals surface area (Å²) in [5.41, 5.74) is 1.94. The van der Waals surface area contributed by atoms with Crippen molar-refractivity contribution < 1.29 is 35.9 Å². The number of rotatable bonds is 4. The number of ether oxygens (including phenoxy) is 1. The summed E-state index contributed by atoms with van der Waals surface area (Å²) in [6.07, 6.45) is -6.00. The Bertz CT molecular complexity index is 271. The van der Waals surface area contributed by atoms with Gasteiger partial charge in [0.1, 0.15) is 12.3 Å². The molecule has 0 radical (unpaired) electrons. The predicted molar refractivity (Wildman–Crippen MR) is 35.3 cm³/mol. The van der Waals surface area contributed by atoms with Crippen LogP contribution in [0.1, 0.15) is 0 Å². The van der Waals surface area contributed by atoms with Gasteiger partial charge in [0.2, 0.25) is 0 Å². The largest absolute Gasteiger partial charge is 0.460 e. The van der Waals surface area contributed by atoms with Gasteiger partial charge in [-0.05, 0) is 0 Å². The SMILES string of the molecule is NC(=C(F)COC=O)C(F)(F)C(F)(F)F. The molecule has 3 nitrogen and oxygen atoms in total. The third-order valence-electron chi connectivity index (χ3n) is 1.26. The molecule has 0 aliphatic heterocycles. The first-order valence-electron chi connectivity index (χ1n) is 3.29. The van der Waals surface area contributed by atoms with Crippen LogP contribution in [0.25, 0.3) is 0 Å². The Morgan fingerprint density at radius 1 is 1.27 bits per heavy atom. The van der Waals surface area contributed by atoms with E-state index >= 15 is 0 Å². The molecule has 0 fully saturated rings. The maximum absolute atomic E-state index is 12.5. The normalized spacial score (nSPS) is 14.5. The molecular formula is C6H5F6NO2. The zero-order valence-corrected chi connectivity index (χ0v) is 6.95. The van der Waals surface area contributed by atoms with Crippen molar-refractivity contribution in [1.82, 2.24) is 0 Å². The van der Waals surface area contributed by atoms with Gasteiger partial charge in [-0.25, -0.2) is 4.39 Å². The van der Waals surface area contributed by atoms with E-state index in [1.54, 1.807) is 0 Å². The quantitative estimate of drug-likeness (QED) is 0.595. The van der Waals surface area contributed by atoms with Gasteiger partial charge in [-0.15, -0.1) is 0 Å². The number of hydrogen-bond acceptors (Lipinski definition) is 3. The molecule has 0 unspecified atom stereocenters. The molecule has 0 atom stereocenters. The minimum atomic E-state index is -6.00. The van der Waals surface area contributed by atoms with Crippen LogP contribution in [-0.2, 0) is 9.53 Å². The van der Waals surface area contributed by atoms with Crippen molar-refractivity contribution in [3.63, 3.8) is 0 Å². The first-order valence-corrected chi connectivity index (χ1v) is 3.29. The summed E-state index contributed by atoms with van der Waals surface area (Å²) in [5, 5.41) is 0. The van der Waals surface area contributed by atoms with Crippen molar-refractivity contribution >= 4 is 6.47 Å². The standard InChI is InChI=1S/C6H5F6NO2/c7-3(1-15-2-14)4(13)5(8,9)6(10,11)12/h2H,1,13H2. The second-order valence-electron chi connectivity index (χ2n) is 2.30. The van der Waals surface area contributed by atoms with E-state index in [0.29, 0.717) is 0 Å². The Balaban J connectivity index is 4.95. The van der Waals surface area contributed by atoms with E-state index in [1.807, 2.05) is 0 Å². The van der Waals surface area contributed by atoms with Gasteiger partial charge in [0.05, 0.1) is 0 Å². The number of halogens is 6. The van der Waals surface area contributed by atoms with E-state index in [9.17, 15) is 31.1 Å². The summed E-state index contributed by atoms with van der Waals surface area (Å²) in [6, 6.07) is 0. The smallest absolute Gasteiger partial charge is 0.459 e. The summed E-state index contributed by atoms with van der Waals surface area (Å²) in [5.74, 6) is -7.55. The molecule has 88 valence electrons. The van der Waals surface area contributed by atoms with E-state index < -0.39 is 30.2 Å². The molecular weight excluding hydrogens is 232 g/mol. The van der Waals surface area contributed by atoms with Crippen LogP contribution in [0, 0.1) is 0 Å². The van der Waals surface area contributed by atoms with Crippen LogP contribution < -0.4 is 5.73 Å². The van der Waals surface area contributed by atoms with E-state index in [1.165, 1.54) is 0 Å². The van der Waals surface area contributed by atoms with Gasteiger partial charge in [0.25, 0.3) is 6.47 Å². The first-order chi connectivity index (χ1) is 6.64. The van der Waals surface area contributed by atoms with E-state index in [0.717, 1.165) is 0 Å². The first kappa shape index (κ1) is 13.6. The van der Waals surface area contributed by atoms with Crippen LogP contribution in [0.5, 0.6) is 0 Å². The predicted octanol–water partition coefficient (Wildman–Crippen LogP) is 1.50. The molecule has 2 N–H and O–H groups in total. The Hall–Kier alpha value is -1.41. The van der Waals surface area contributed by atoms with E-state index in [4.69, 9.17) is 0 Å². The molecule has 15 heavy (non-hydrogen) atoms. The van der Waals surface area contributed by atoms with E-state index in [2.05, 4.69) is 10.5 Å². The molecule has 0 aromatic carbocycles. The van der Waals surface area contributed by atoms with Gasteiger partial charge in [-0.1, -0.05) is 0 Å². The van der Waals surface area contributed by atoms with Gasteiger partial charge in [-0.3, -0.25) is 4.79 Å². The molecule has 0 aliphatic carbocycles. The van der Waals surface area contributed by atoms with Crippen LogP contribution in [0.3, 0.4) is 0 Å². The Morgan fingerprint density at radius 3 is 2.07 bits per heavy atom. The van der Waals surface area contributed by atoms with E-state index in [-0.39, 0.29) is 6.47 Å². The fourth-order valence-electron chi connectivity index (χ4n) is 0.508. The Kier molecular flexibility index (Phi) is 3.99.